The number of phenolic OH excluding ortho intramolecular Hbond substituents is 1. The molecule has 5 nitrogen and oxygen atoms in total. The average molecular weight is 306 g/mol. The first kappa shape index (κ1) is 14.5. The summed E-state index contributed by atoms with van der Waals surface area (Å²) in [6.07, 6.45) is -0.415. The zero-order valence-electron chi connectivity index (χ0n) is 11.8. The van der Waals surface area contributed by atoms with E-state index in [0.29, 0.717) is 16.9 Å². The Kier molecular flexibility index (Phi) is 3.56. The number of phenols is 1. The maximum atomic E-state index is 13.3. The van der Waals surface area contributed by atoms with Crippen LogP contribution in [0.1, 0.15) is 12.8 Å². The minimum Gasteiger partial charge on any atom is -0.507 e. The van der Waals surface area contributed by atoms with Crippen molar-refractivity contribution in [3.8, 4) is 17.0 Å². The second-order valence-corrected chi connectivity index (χ2v) is 5.36. The van der Waals surface area contributed by atoms with Gasteiger partial charge in [0.2, 0.25) is 0 Å². The number of halogens is 2. The molecule has 1 aromatic heterocycles. The molecule has 1 aliphatic rings. The molecule has 3 N–H and O–H groups in total. The van der Waals surface area contributed by atoms with Crippen LogP contribution in [0.15, 0.2) is 30.3 Å². The van der Waals surface area contributed by atoms with E-state index in [0.717, 1.165) is 0 Å². The zero-order valence-corrected chi connectivity index (χ0v) is 11.8. The number of hydrogen-bond acceptors (Lipinski definition) is 5. The largest absolute Gasteiger partial charge is 0.507 e. The molecule has 0 unspecified atom stereocenters. The molecular weight excluding hydrogens is 290 g/mol. The van der Waals surface area contributed by atoms with E-state index in [1.165, 1.54) is 0 Å². The number of aromatic nitrogens is 2. The van der Waals surface area contributed by atoms with Gasteiger partial charge < -0.3 is 15.7 Å². The number of para-hydroxylation sites is 1. The Morgan fingerprint density at radius 3 is 2.50 bits per heavy atom. The molecular formula is C15H16F2N4O. The van der Waals surface area contributed by atoms with E-state index in [2.05, 4.69) is 10.2 Å². The van der Waals surface area contributed by atoms with Crippen LogP contribution in [0.4, 0.5) is 20.3 Å². The summed E-state index contributed by atoms with van der Waals surface area (Å²) in [5.41, 5.74) is 7.40. The number of aromatic hydroxyl groups is 1. The van der Waals surface area contributed by atoms with Crippen LogP contribution in [-0.4, -0.2) is 34.3 Å². The van der Waals surface area contributed by atoms with Crippen LogP contribution in [0.2, 0.25) is 0 Å². The Labute approximate surface area is 126 Å². The number of rotatable bonds is 2. The number of nitrogens with two attached hydrogens (primary N) is 1. The second kappa shape index (κ2) is 5.40. The molecule has 0 spiro atoms. The molecule has 1 saturated heterocycles. The van der Waals surface area contributed by atoms with Gasteiger partial charge >= 0.3 is 0 Å². The van der Waals surface area contributed by atoms with E-state index in [1.54, 1.807) is 35.2 Å². The quantitative estimate of drug-likeness (QED) is 0.892. The fourth-order valence-corrected chi connectivity index (χ4v) is 2.54. The van der Waals surface area contributed by atoms with Crippen molar-refractivity contribution in [2.45, 2.75) is 18.8 Å². The van der Waals surface area contributed by atoms with Crippen molar-refractivity contribution in [1.82, 2.24) is 10.2 Å². The molecule has 22 heavy (non-hydrogen) atoms. The van der Waals surface area contributed by atoms with Crippen molar-refractivity contribution in [3.05, 3.63) is 30.3 Å². The molecule has 0 radical (unpaired) electrons. The minimum atomic E-state index is -2.62. The van der Waals surface area contributed by atoms with Crippen molar-refractivity contribution in [1.29, 1.82) is 0 Å². The van der Waals surface area contributed by atoms with E-state index in [1.807, 2.05) is 0 Å². The van der Waals surface area contributed by atoms with E-state index < -0.39 is 5.92 Å². The van der Waals surface area contributed by atoms with Gasteiger partial charge in [0.25, 0.3) is 5.92 Å². The molecule has 1 aliphatic heterocycles. The Morgan fingerprint density at radius 1 is 1.14 bits per heavy atom. The highest BCUT2D eigenvalue weighted by Crippen LogP contribution is 2.35. The average Bonchev–Trinajstić information content (AvgIpc) is 2.49. The van der Waals surface area contributed by atoms with Crippen molar-refractivity contribution >= 4 is 11.5 Å². The number of benzene rings is 1. The van der Waals surface area contributed by atoms with Gasteiger partial charge in [0.1, 0.15) is 5.75 Å². The SMILES string of the molecule is Nc1nnc(-c2ccccc2O)cc1N1CCC(F)(F)CC1. The second-order valence-electron chi connectivity index (χ2n) is 5.36. The van der Waals surface area contributed by atoms with Crippen LogP contribution in [0, 0.1) is 0 Å². The molecule has 0 bridgehead atoms. The summed E-state index contributed by atoms with van der Waals surface area (Å²) in [6.45, 7) is 0.423. The van der Waals surface area contributed by atoms with Gasteiger partial charge in [0.05, 0.1) is 11.4 Å². The third-order valence-electron chi connectivity index (χ3n) is 3.82. The first-order chi connectivity index (χ1) is 10.5. The van der Waals surface area contributed by atoms with Crippen LogP contribution in [0.5, 0.6) is 5.75 Å². The predicted molar refractivity (Wildman–Crippen MR) is 79.9 cm³/mol. The normalized spacial score (nSPS) is 17.5. The maximum Gasteiger partial charge on any atom is 0.251 e. The van der Waals surface area contributed by atoms with Gasteiger partial charge in [-0.15, -0.1) is 10.2 Å². The van der Waals surface area contributed by atoms with Gasteiger partial charge in [0, 0.05) is 31.5 Å². The Morgan fingerprint density at radius 2 is 1.82 bits per heavy atom. The summed E-state index contributed by atoms with van der Waals surface area (Å²) in [6, 6.07) is 8.42. The smallest absolute Gasteiger partial charge is 0.251 e. The molecule has 116 valence electrons. The number of anilines is 2. The molecule has 2 aromatic rings. The van der Waals surface area contributed by atoms with Gasteiger partial charge in [0.15, 0.2) is 5.82 Å². The lowest BCUT2D eigenvalue weighted by Crippen LogP contribution is -2.39. The Balaban J connectivity index is 1.93. The van der Waals surface area contributed by atoms with E-state index in [9.17, 15) is 13.9 Å². The lowest BCUT2D eigenvalue weighted by molar-refractivity contribution is -0.0220. The fraction of sp³-hybridized carbons (Fsp3) is 0.333. The van der Waals surface area contributed by atoms with Crippen molar-refractivity contribution in [2.24, 2.45) is 0 Å². The third-order valence-corrected chi connectivity index (χ3v) is 3.82. The van der Waals surface area contributed by atoms with Gasteiger partial charge in [-0.05, 0) is 18.2 Å². The van der Waals surface area contributed by atoms with E-state index in [4.69, 9.17) is 5.73 Å². The van der Waals surface area contributed by atoms with Crippen LogP contribution in [0.3, 0.4) is 0 Å². The summed E-state index contributed by atoms with van der Waals surface area (Å²) >= 11 is 0. The maximum absolute atomic E-state index is 13.3. The van der Waals surface area contributed by atoms with Gasteiger partial charge in [-0.3, -0.25) is 0 Å². The van der Waals surface area contributed by atoms with Gasteiger partial charge in [-0.25, -0.2) is 8.78 Å². The number of alkyl halides is 2. The highest BCUT2D eigenvalue weighted by atomic mass is 19.3. The Hall–Kier alpha value is -2.44. The predicted octanol–water partition coefficient (Wildman–Crippen LogP) is 2.67. The Bertz CT molecular complexity index is 683. The zero-order chi connectivity index (χ0) is 15.7. The van der Waals surface area contributed by atoms with Crippen LogP contribution in [-0.2, 0) is 0 Å². The minimum absolute atomic E-state index is 0.0812. The first-order valence-corrected chi connectivity index (χ1v) is 7.01. The number of piperidine rings is 1. The standard InChI is InChI=1S/C15H16F2N4O/c16-15(17)5-7-21(8-6-15)12-9-11(19-20-14(12)18)10-3-1-2-4-13(10)22/h1-4,9,22H,5-8H2,(H2,18,20). The third kappa shape index (κ3) is 2.79. The van der Waals surface area contributed by atoms with Crippen molar-refractivity contribution in [3.63, 3.8) is 0 Å². The monoisotopic (exact) mass is 306 g/mol. The van der Waals surface area contributed by atoms with Gasteiger partial charge in [-0.1, -0.05) is 12.1 Å². The molecule has 7 heteroatoms. The van der Waals surface area contributed by atoms with Gasteiger partial charge in [-0.2, -0.15) is 0 Å². The summed E-state index contributed by atoms with van der Waals surface area (Å²) in [4.78, 5) is 1.78. The summed E-state index contributed by atoms with van der Waals surface area (Å²) < 4.78 is 26.5. The summed E-state index contributed by atoms with van der Waals surface area (Å²) in [5.74, 6) is -2.34. The number of nitrogens with zero attached hydrogens (tertiary/aromatic N) is 3. The van der Waals surface area contributed by atoms with E-state index in [-0.39, 0.29) is 37.5 Å². The highest BCUT2D eigenvalue weighted by molar-refractivity contribution is 5.74. The molecule has 1 fully saturated rings. The molecule has 0 saturated carbocycles. The van der Waals surface area contributed by atoms with E-state index >= 15 is 0 Å². The topological polar surface area (TPSA) is 75.3 Å². The van der Waals surface area contributed by atoms with Crippen molar-refractivity contribution in [2.75, 3.05) is 23.7 Å². The lowest BCUT2D eigenvalue weighted by atomic mass is 10.1. The summed E-state index contributed by atoms with van der Waals surface area (Å²) in [7, 11) is 0. The lowest BCUT2D eigenvalue weighted by Gasteiger charge is -2.33. The summed E-state index contributed by atoms with van der Waals surface area (Å²) in [5, 5.41) is 17.8. The first-order valence-electron chi connectivity index (χ1n) is 7.01. The van der Waals surface area contributed by atoms with Crippen molar-refractivity contribution < 1.29 is 13.9 Å². The van der Waals surface area contributed by atoms with Crippen LogP contribution in [0.25, 0.3) is 11.3 Å². The molecule has 1 aromatic carbocycles. The van der Waals surface area contributed by atoms with Crippen LogP contribution >= 0.6 is 0 Å². The molecule has 0 aliphatic carbocycles. The molecule has 0 atom stereocenters. The fourth-order valence-electron chi connectivity index (χ4n) is 2.54. The number of hydrogen-bond donors (Lipinski definition) is 2. The molecule has 2 heterocycles. The highest BCUT2D eigenvalue weighted by Gasteiger charge is 2.34. The molecule has 0 amide bonds. The van der Waals surface area contributed by atoms with Crippen LogP contribution < -0.4 is 10.6 Å². The number of nitrogen functional groups attached to an aromatic ring is 1. The molecule has 3 rings (SSSR count).